The number of rotatable bonds is 7. The van der Waals surface area contributed by atoms with Crippen molar-refractivity contribution in [2.75, 3.05) is 18.9 Å². The minimum atomic E-state index is -0.341. The maximum Gasteiger partial charge on any atom is 0.150 e. The fourth-order valence-corrected chi connectivity index (χ4v) is 2.26. The average Bonchev–Trinajstić information content (AvgIpc) is 2.36. The third-order valence-corrected chi connectivity index (χ3v) is 3.33. The first kappa shape index (κ1) is 14.9. The van der Waals surface area contributed by atoms with E-state index in [1.807, 2.05) is 0 Å². The van der Waals surface area contributed by atoms with Gasteiger partial charge < -0.3 is 10.8 Å². The highest BCUT2D eigenvalue weighted by atomic mass is 19.1. The molecule has 0 saturated heterocycles. The molecule has 1 rings (SSSR count). The number of halogens is 1. The maximum atomic E-state index is 13.9. The van der Waals surface area contributed by atoms with Crippen molar-refractivity contribution in [1.82, 2.24) is 4.90 Å². The second-order valence-electron chi connectivity index (χ2n) is 4.48. The zero-order valence-electron chi connectivity index (χ0n) is 11.2. The van der Waals surface area contributed by atoms with Crippen LogP contribution in [0.5, 0.6) is 0 Å². The summed E-state index contributed by atoms with van der Waals surface area (Å²) in [7, 11) is 0. The Balaban J connectivity index is 2.85. The molecule has 0 bridgehead atoms. The lowest BCUT2D eigenvalue weighted by molar-refractivity contribution is 0.135. The van der Waals surface area contributed by atoms with Crippen molar-refractivity contribution in [1.29, 1.82) is 0 Å². The van der Waals surface area contributed by atoms with Crippen LogP contribution in [0.15, 0.2) is 18.2 Å². The van der Waals surface area contributed by atoms with Crippen LogP contribution in [0.4, 0.5) is 10.1 Å². The van der Waals surface area contributed by atoms with Gasteiger partial charge >= 0.3 is 0 Å². The molecule has 0 aromatic heterocycles. The van der Waals surface area contributed by atoms with Gasteiger partial charge in [-0.05, 0) is 18.9 Å². The topological polar surface area (TPSA) is 49.5 Å². The summed E-state index contributed by atoms with van der Waals surface area (Å²) in [5.41, 5.74) is 6.34. The summed E-state index contributed by atoms with van der Waals surface area (Å²) in [5, 5.41) is 9.12. The Kier molecular flexibility index (Phi) is 6.09. The number of hydrogen-bond acceptors (Lipinski definition) is 3. The van der Waals surface area contributed by atoms with Crippen LogP contribution >= 0.6 is 0 Å². The lowest BCUT2D eigenvalue weighted by Gasteiger charge is -2.30. The van der Waals surface area contributed by atoms with Crippen LogP contribution in [0.2, 0.25) is 0 Å². The third-order valence-electron chi connectivity index (χ3n) is 3.33. The van der Waals surface area contributed by atoms with Crippen LogP contribution in [0.25, 0.3) is 0 Å². The van der Waals surface area contributed by atoms with E-state index in [0.29, 0.717) is 24.7 Å². The SMILES string of the molecule is CCC(CC)N(CCO)Cc1cccc(N)c1F. The molecule has 0 heterocycles. The molecular formula is C14H23FN2O. The van der Waals surface area contributed by atoms with Gasteiger partial charge in [-0.25, -0.2) is 4.39 Å². The summed E-state index contributed by atoms with van der Waals surface area (Å²) >= 11 is 0. The van der Waals surface area contributed by atoms with Crippen LogP contribution in [0.1, 0.15) is 32.3 Å². The van der Waals surface area contributed by atoms with Crippen molar-refractivity contribution in [3.8, 4) is 0 Å². The van der Waals surface area contributed by atoms with Gasteiger partial charge in [0.1, 0.15) is 0 Å². The van der Waals surface area contributed by atoms with Crippen molar-refractivity contribution < 1.29 is 9.50 Å². The molecule has 0 fully saturated rings. The fourth-order valence-electron chi connectivity index (χ4n) is 2.26. The maximum absolute atomic E-state index is 13.9. The smallest absolute Gasteiger partial charge is 0.150 e. The van der Waals surface area contributed by atoms with Crippen LogP contribution in [0.3, 0.4) is 0 Å². The zero-order chi connectivity index (χ0) is 13.5. The molecule has 4 heteroatoms. The van der Waals surface area contributed by atoms with E-state index < -0.39 is 0 Å². The standard InChI is InChI=1S/C14H23FN2O/c1-3-12(4-2)17(8-9-18)10-11-6-5-7-13(16)14(11)15/h5-7,12,18H,3-4,8-10,16H2,1-2H3. The molecule has 0 amide bonds. The second kappa shape index (κ2) is 7.34. The highest BCUT2D eigenvalue weighted by Crippen LogP contribution is 2.19. The van der Waals surface area contributed by atoms with Crippen LogP contribution in [-0.4, -0.2) is 29.2 Å². The number of nitrogen functional groups attached to an aromatic ring is 1. The third kappa shape index (κ3) is 3.68. The number of anilines is 1. The van der Waals surface area contributed by atoms with Crippen molar-refractivity contribution in [3.05, 3.63) is 29.6 Å². The Labute approximate surface area is 108 Å². The molecule has 0 saturated carbocycles. The van der Waals surface area contributed by atoms with E-state index in [-0.39, 0.29) is 18.1 Å². The normalized spacial score (nSPS) is 11.4. The van der Waals surface area contributed by atoms with E-state index >= 15 is 0 Å². The Morgan fingerprint density at radius 2 is 2.00 bits per heavy atom. The van der Waals surface area contributed by atoms with Gasteiger partial charge in [0.05, 0.1) is 12.3 Å². The Hall–Kier alpha value is -1.13. The van der Waals surface area contributed by atoms with E-state index in [2.05, 4.69) is 18.7 Å². The van der Waals surface area contributed by atoms with Gasteiger partial charge in [0.2, 0.25) is 0 Å². The summed E-state index contributed by atoms with van der Waals surface area (Å²) in [6.45, 7) is 5.34. The van der Waals surface area contributed by atoms with Gasteiger partial charge in [0.15, 0.2) is 5.82 Å². The monoisotopic (exact) mass is 254 g/mol. The lowest BCUT2D eigenvalue weighted by Crippen LogP contribution is -2.36. The van der Waals surface area contributed by atoms with Gasteiger partial charge in [-0.3, -0.25) is 4.90 Å². The molecule has 0 radical (unpaired) electrons. The Morgan fingerprint density at radius 3 is 2.56 bits per heavy atom. The molecule has 1 aromatic rings. The molecule has 3 N–H and O–H groups in total. The predicted octanol–water partition coefficient (Wildman–Crippen LogP) is 2.39. The molecule has 0 atom stereocenters. The number of nitrogens with two attached hydrogens (primary N) is 1. The molecule has 1 aromatic carbocycles. The second-order valence-corrected chi connectivity index (χ2v) is 4.48. The number of hydrogen-bond donors (Lipinski definition) is 2. The van der Waals surface area contributed by atoms with E-state index in [4.69, 9.17) is 10.8 Å². The van der Waals surface area contributed by atoms with Crippen molar-refractivity contribution >= 4 is 5.69 Å². The zero-order valence-corrected chi connectivity index (χ0v) is 11.2. The van der Waals surface area contributed by atoms with Crippen LogP contribution in [-0.2, 0) is 6.54 Å². The summed E-state index contributed by atoms with van der Waals surface area (Å²) in [4.78, 5) is 2.11. The number of aliphatic hydroxyl groups is 1. The number of aliphatic hydroxyl groups excluding tert-OH is 1. The molecule has 0 aliphatic heterocycles. The summed E-state index contributed by atoms with van der Waals surface area (Å²) in [5.74, 6) is -0.341. The van der Waals surface area contributed by atoms with Gasteiger partial charge in [-0.15, -0.1) is 0 Å². The Bertz CT molecular complexity index is 367. The van der Waals surface area contributed by atoms with Gasteiger partial charge in [-0.2, -0.15) is 0 Å². The van der Waals surface area contributed by atoms with Crippen LogP contribution in [0, 0.1) is 5.82 Å². The minimum absolute atomic E-state index is 0.0838. The summed E-state index contributed by atoms with van der Waals surface area (Å²) in [6, 6.07) is 5.43. The first-order valence-corrected chi connectivity index (χ1v) is 6.51. The quantitative estimate of drug-likeness (QED) is 0.735. The first-order valence-electron chi connectivity index (χ1n) is 6.51. The van der Waals surface area contributed by atoms with Gasteiger partial charge in [0, 0.05) is 24.7 Å². The van der Waals surface area contributed by atoms with Crippen molar-refractivity contribution in [2.24, 2.45) is 0 Å². The molecular weight excluding hydrogens is 231 g/mol. The van der Waals surface area contributed by atoms with E-state index in [9.17, 15) is 4.39 Å². The van der Waals surface area contributed by atoms with Gasteiger partial charge in [0.25, 0.3) is 0 Å². The largest absolute Gasteiger partial charge is 0.396 e. The van der Waals surface area contributed by atoms with Crippen LogP contribution < -0.4 is 5.73 Å². The molecule has 102 valence electrons. The minimum Gasteiger partial charge on any atom is -0.396 e. The summed E-state index contributed by atoms with van der Waals surface area (Å²) in [6.07, 6.45) is 1.97. The molecule has 0 aliphatic rings. The van der Waals surface area contributed by atoms with Crippen molar-refractivity contribution in [2.45, 2.75) is 39.3 Å². The first-order chi connectivity index (χ1) is 8.63. The molecule has 18 heavy (non-hydrogen) atoms. The molecule has 0 unspecified atom stereocenters. The molecule has 0 aliphatic carbocycles. The van der Waals surface area contributed by atoms with E-state index in [1.165, 1.54) is 0 Å². The number of benzene rings is 1. The van der Waals surface area contributed by atoms with E-state index in [0.717, 1.165) is 12.8 Å². The highest BCUT2D eigenvalue weighted by Gasteiger charge is 2.17. The van der Waals surface area contributed by atoms with E-state index in [1.54, 1.807) is 18.2 Å². The highest BCUT2D eigenvalue weighted by molar-refractivity contribution is 5.42. The fraction of sp³-hybridized carbons (Fsp3) is 0.571. The average molecular weight is 254 g/mol. The lowest BCUT2D eigenvalue weighted by atomic mass is 10.1. The van der Waals surface area contributed by atoms with Crippen molar-refractivity contribution in [3.63, 3.8) is 0 Å². The predicted molar refractivity (Wildman–Crippen MR) is 72.7 cm³/mol. The Morgan fingerprint density at radius 1 is 1.33 bits per heavy atom. The van der Waals surface area contributed by atoms with Gasteiger partial charge in [-0.1, -0.05) is 26.0 Å². The molecule has 3 nitrogen and oxygen atoms in total. The number of nitrogens with zero attached hydrogens (tertiary/aromatic N) is 1. The summed E-state index contributed by atoms with van der Waals surface area (Å²) < 4.78 is 13.9. The molecule has 0 spiro atoms.